The fraction of sp³-hybridized carbons (Fsp3) is 0.192. The van der Waals surface area contributed by atoms with E-state index in [2.05, 4.69) is 60.4 Å². The summed E-state index contributed by atoms with van der Waals surface area (Å²) in [7, 11) is 3.91. The standard InChI is InChI=1S/C26H26N6O/c1-16-6-8-20(9-7-16)28-26-29-21-11-13-31(4)23(21)25(30-26)33-24-17(2)14-19(15-18(24)3)22-10-12-27-32(22)5/h6-15H,1-5H3,(H,28,29,30). The van der Waals surface area contributed by atoms with Crippen LogP contribution in [0.15, 0.2) is 60.9 Å². The van der Waals surface area contributed by atoms with Gasteiger partial charge in [-0.1, -0.05) is 17.7 Å². The van der Waals surface area contributed by atoms with Gasteiger partial charge in [-0.2, -0.15) is 10.1 Å². The molecule has 0 fully saturated rings. The third-order valence-corrected chi connectivity index (χ3v) is 5.77. The Morgan fingerprint density at radius 2 is 1.61 bits per heavy atom. The first-order valence-corrected chi connectivity index (χ1v) is 10.8. The molecule has 0 aliphatic rings. The molecule has 0 radical (unpaired) electrons. The summed E-state index contributed by atoms with van der Waals surface area (Å²) in [5.74, 6) is 1.80. The molecular weight excluding hydrogens is 412 g/mol. The van der Waals surface area contributed by atoms with E-state index in [4.69, 9.17) is 9.72 Å². The van der Waals surface area contributed by atoms with Crippen molar-refractivity contribution in [2.45, 2.75) is 20.8 Å². The largest absolute Gasteiger partial charge is 0.436 e. The molecule has 1 N–H and O–H groups in total. The summed E-state index contributed by atoms with van der Waals surface area (Å²) < 4.78 is 10.3. The van der Waals surface area contributed by atoms with Gasteiger partial charge in [-0.25, -0.2) is 4.98 Å². The highest BCUT2D eigenvalue weighted by atomic mass is 16.5. The Hall–Kier alpha value is -4.13. The van der Waals surface area contributed by atoms with Crippen LogP contribution in [0.1, 0.15) is 16.7 Å². The summed E-state index contributed by atoms with van der Waals surface area (Å²) in [6, 6.07) is 16.3. The molecule has 0 bridgehead atoms. The lowest BCUT2D eigenvalue weighted by molar-refractivity contribution is 0.459. The summed E-state index contributed by atoms with van der Waals surface area (Å²) in [6.45, 7) is 6.17. The highest BCUT2D eigenvalue weighted by Gasteiger charge is 2.17. The first-order valence-electron chi connectivity index (χ1n) is 10.8. The first-order chi connectivity index (χ1) is 15.9. The van der Waals surface area contributed by atoms with Crippen molar-refractivity contribution in [3.63, 3.8) is 0 Å². The normalized spacial score (nSPS) is 11.2. The Kier molecular flexibility index (Phi) is 5.09. The highest BCUT2D eigenvalue weighted by molar-refractivity contribution is 5.83. The van der Waals surface area contributed by atoms with Crippen molar-refractivity contribution < 1.29 is 4.74 Å². The monoisotopic (exact) mass is 438 g/mol. The topological polar surface area (TPSA) is 69.8 Å². The van der Waals surface area contributed by atoms with Gasteiger partial charge < -0.3 is 14.6 Å². The number of hydrogen-bond donors (Lipinski definition) is 1. The molecular formula is C26H26N6O. The molecule has 5 rings (SSSR count). The van der Waals surface area contributed by atoms with Crippen LogP contribution in [0.25, 0.3) is 22.3 Å². The average Bonchev–Trinajstić information content (AvgIpc) is 3.38. The first kappa shape index (κ1) is 20.8. The van der Waals surface area contributed by atoms with Crippen molar-refractivity contribution in [3.05, 3.63) is 77.6 Å². The molecule has 166 valence electrons. The smallest absolute Gasteiger partial charge is 0.249 e. The lowest BCUT2D eigenvalue weighted by Gasteiger charge is -2.15. The van der Waals surface area contributed by atoms with E-state index in [1.54, 1.807) is 6.20 Å². The summed E-state index contributed by atoms with van der Waals surface area (Å²) in [4.78, 5) is 9.42. The van der Waals surface area contributed by atoms with E-state index in [1.807, 2.05) is 53.8 Å². The fourth-order valence-corrected chi connectivity index (χ4v) is 4.06. The number of aromatic nitrogens is 5. The minimum Gasteiger partial charge on any atom is -0.436 e. The molecule has 7 nitrogen and oxygen atoms in total. The number of hydrogen-bond acceptors (Lipinski definition) is 5. The minimum absolute atomic E-state index is 0.495. The molecule has 2 aromatic carbocycles. The second kappa shape index (κ2) is 8.09. The van der Waals surface area contributed by atoms with Gasteiger partial charge in [-0.3, -0.25) is 4.68 Å². The highest BCUT2D eigenvalue weighted by Crippen LogP contribution is 2.35. The van der Waals surface area contributed by atoms with E-state index in [0.29, 0.717) is 11.8 Å². The van der Waals surface area contributed by atoms with E-state index < -0.39 is 0 Å². The lowest BCUT2D eigenvalue weighted by Crippen LogP contribution is -2.03. The maximum absolute atomic E-state index is 6.46. The van der Waals surface area contributed by atoms with Gasteiger partial charge in [0, 0.05) is 37.7 Å². The molecule has 5 aromatic rings. The molecule has 33 heavy (non-hydrogen) atoms. The van der Waals surface area contributed by atoms with E-state index in [0.717, 1.165) is 44.9 Å². The van der Waals surface area contributed by atoms with Crippen molar-refractivity contribution in [3.8, 4) is 22.9 Å². The van der Waals surface area contributed by atoms with Crippen LogP contribution in [-0.4, -0.2) is 24.3 Å². The number of fused-ring (bicyclic) bond motifs is 1. The van der Waals surface area contributed by atoms with Gasteiger partial charge in [0.1, 0.15) is 11.3 Å². The van der Waals surface area contributed by atoms with Crippen LogP contribution in [0.5, 0.6) is 11.6 Å². The number of ether oxygens (including phenoxy) is 1. The quantitative estimate of drug-likeness (QED) is 0.374. The third-order valence-electron chi connectivity index (χ3n) is 5.77. The van der Waals surface area contributed by atoms with E-state index >= 15 is 0 Å². The average molecular weight is 439 g/mol. The second-order valence-corrected chi connectivity index (χ2v) is 8.39. The Balaban J connectivity index is 1.55. The SMILES string of the molecule is Cc1ccc(Nc2nc(Oc3c(C)cc(-c4ccnn4C)cc3C)c3c(ccn3C)n2)cc1. The Bertz CT molecular complexity index is 1440. The number of nitrogens with zero attached hydrogens (tertiary/aromatic N) is 5. The fourth-order valence-electron chi connectivity index (χ4n) is 4.06. The van der Waals surface area contributed by atoms with Crippen LogP contribution in [0, 0.1) is 20.8 Å². The number of aryl methyl sites for hydroxylation is 5. The van der Waals surface area contributed by atoms with Crippen molar-refractivity contribution in [1.29, 1.82) is 0 Å². The Morgan fingerprint density at radius 3 is 2.27 bits per heavy atom. The zero-order valence-electron chi connectivity index (χ0n) is 19.4. The van der Waals surface area contributed by atoms with Gasteiger partial charge in [0.25, 0.3) is 0 Å². The van der Waals surface area contributed by atoms with Gasteiger partial charge >= 0.3 is 0 Å². The zero-order chi connectivity index (χ0) is 23.1. The predicted octanol–water partition coefficient (Wildman–Crippen LogP) is 5.83. The predicted molar refractivity (Wildman–Crippen MR) is 131 cm³/mol. The van der Waals surface area contributed by atoms with E-state index in [-0.39, 0.29) is 0 Å². The third kappa shape index (κ3) is 3.93. The number of benzene rings is 2. The molecule has 0 saturated carbocycles. The molecule has 7 heteroatoms. The summed E-state index contributed by atoms with van der Waals surface area (Å²) >= 11 is 0. The van der Waals surface area contributed by atoms with Crippen LogP contribution in [-0.2, 0) is 14.1 Å². The lowest BCUT2D eigenvalue weighted by atomic mass is 10.0. The number of anilines is 2. The second-order valence-electron chi connectivity index (χ2n) is 8.39. The van der Waals surface area contributed by atoms with Crippen molar-refractivity contribution in [2.24, 2.45) is 14.1 Å². The van der Waals surface area contributed by atoms with Crippen LogP contribution < -0.4 is 10.1 Å². The van der Waals surface area contributed by atoms with Crippen molar-refractivity contribution in [2.75, 3.05) is 5.32 Å². The van der Waals surface area contributed by atoms with Gasteiger partial charge in [-0.05, 0) is 68.3 Å². The molecule has 3 heterocycles. The number of nitrogens with one attached hydrogen (secondary N) is 1. The molecule has 3 aromatic heterocycles. The molecule has 0 atom stereocenters. The van der Waals surface area contributed by atoms with Crippen LogP contribution in [0.3, 0.4) is 0 Å². The van der Waals surface area contributed by atoms with E-state index in [9.17, 15) is 0 Å². The Morgan fingerprint density at radius 1 is 0.879 bits per heavy atom. The minimum atomic E-state index is 0.495. The van der Waals surface area contributed by atoms with Crippen LogP contribution in [0.4, 0.5) is 11.6 Å². The van der Waals surface area contributed by atoms with Gasteiger partial charge in [0.05, 0.1) is 11.2 Å². The summed E-state index contributed by atoms with van der Waals surface area (Å²) in [6.07, 6.45) is 3.77. The molecule has 0 aliphatic heterocycles. The molecule has 0 unspecified atom stereocenters. The van der Waals surface area contributed by atoms with Gasteiger partial charge in [-0.15, -0.1) is 0 Å². The van der Waals surface area contributed by atoms with Gasteiger partial charge in [0.2, 0.25) is 11.8 Å². The summed E-state index contributed by atoms with van der Waals surface area (Å²) in [5.41, 5.74) is 8.01. The molecule has 0 aliphatic carbocycles. The maximum atomic E-state index is 6.46. The van der Waals surface area contributed by atoms with Crippen LogP contribution in [0.2, 0.25) is 0 Å². The van der Waals surface area contributed by atoms with E-state index in [1.165, 1.54) is 5.56 Å². The maximum Gasteiger partial charge on any atom is 0.249 e. The van der Waals surface area contributed by atoms with Gasteiger partial charge in [0.15, 0.2) is 0 Å². The molecule has 0 spiro atoms. The van der Waals surface area contributed by atoms with Crippen LogP contribution >= 0.6 is 0 Å². The Labute approximate surface area is 192 Å². The summed E-state index contributed by atoms with van der Waals surface area (Å²) in [5, 5.41) is 7.59. The van der Waals surface area contributed by atoms with Crippen molar-refractivity contribution in [1.82, 2.24) is 24.3 Å². The zero-order valence-corrected chi connectivity index (χ0v) is 19.4. The molecule has 0 amide bonds. The van der Waals surface area contributed by atoms with Crippen molar-refractivity contribution >= 4 is 22.7 Å². The molecule has 0 saturated heterocycles. The number of rotatable bonds is 5.